The second-order valence-electron chi connectivity index (χ2n) is 5.87. The van der Waals surface area contributed by atoms with E-state index in [1.54, 1.807) is 0 Å². The molecule has 0 bridgehead atoms. The van der Waals surface area contributed by atoms with Crippen LogP contribution in [0.2, 0.25) is 0 Å². The van der Waals surface area contributed by atoms with Crippen molar-refractivity contribution in [2.45, 2.75) is 95.9 Å². The molecule has 0 aliphatic carbocycles. The van der Waals surface area contributed by atoms with Crippen molar-refractivity contribution in [3.8, 4) is 0 Å². The first-order valence-electron chi connectivity index (χ1n) is 8.69. The Morgan fingerprint density at radius 2 is 1.55 bits per heavy atom. The summed E-state index contributed by atoms with van der Waals surface area (Å²) in [5, 5.41) is 0. The fourth-order valence-corrected chi connectivity index (χ4v) is 3.33. The minimum atomic E-state index is -0.202. The number of alkyl halides is 1. The molecule has 2 nitrogen and oxygen atoms in total. The normalized spacial score (nSPS) is 14.7. The second-order valence-corrected chi connectivity index (χ2v) is 7.89. The molecule has 2 atom stereocenters. The molecule has 0 spiro atoms. The molecule has 0 saturated carbocycles. The first kappa shape index (κ1) is 22.2. The van der Waals surface area contributed by atoms with Crippen LogP contribution in [0.1, 0.15) is 85.0 Å². The Kier molecular flexibility index (Phi) is 14.9. The van der Waals surface area contributed by atoms with Crippen molar-refractivity contribution in [2.24, 2.45) is 0 Å². The van der Waals surface area contributed by atoms with Gasteiger partial charge in [-0.3, -0.25) is 4.79 Å². The SMILES string of the molecule is CCCCCCCC(/C=C(\Br)C(Br)CCCCC)OC(C)=O. The molecule has 0 N–H and O–H groups in total. The Balaban J connectivity index is 4.33. The van der Waals surface area contributed by atoms with Gasteiger partial charge in [-0.05, 0) is 25.3 Å². The average Bonchev–Trinajstić information content (AvgIpc) is 2.46. The van der Waals surface area contributed by atoms with Crippen LogP contribution >= 0.6 is 31.9 Å². The monoisotopic (exact) mass is 438 g/mol. The predicted molar refractivity (Wildman–Crippen MR) is 103 cm³/mol. The Labute approximate surface area is 153 Å². The summed E-state index contributed by atoms with van der Waals surface area (Å²) in [5.74, 6) is -0.202. The fourth-order valence-electron chi connectivity index (χ4n) is 2.33. The van der Waals surface area contributed by atoms with Gasteiger partial charge in [-0.1, -0.05) is 90.7 Å². The lowest BCUT2D eigenvalue weighted by molar-refractivity contribution is -0.144. The van der Waals surface area contributed by atoms with Crippen molar-refractivity contribution in [3.63, 3.8) is 0 Å². The standard InChI is InChI=1S/C18H32Br2O2/c1-4-6-8-9-11-12-16(22-15(3)21)14-18(20)17(19)13-10-7-5-2/h14,16-17H,4-13H2,1-3H3/b18-14-. The molecule has 0 amide bonds. The number of carbonyl (C=O) groups is 1. The van der Waals surface area contributed by atoms with Gasteiger partial charge in [-0.15, -0.1) is 0 Å². The number of allylic oxidation sites excluding steroid dienone is 1. The summed E-state index contributed by atoms with van der Waals surface area (Å²) in [6, 6.07) is 0. The Bertz CT molecular complexity index is 316. The molecule has 0 aliphatic rings. The summed E-state index contributed by atoms with van der Waals surface area (Å²) in [6.07, 6.45) is 13.8. The number of hydrogen-bond acceptors (Lipinski definition) is 2. The smallest absolute Gasteiger partial charge is 0.303 e. The van der Waals surface area contributed by atoms with Crippen molar-refractivity contribution < 1.29 is 9.53 Å². The third-order valence-corrected chi connectivity index (χ3v) is 6.00. The molecule has 4 heteroatoms. The Morgan fingerprint density at radius 3 is 2.14 bits per heavy atom. The van der Waals surface area contributed by atoms with Crippen LogP contribution < -0.4 is 0 Å². The van der Waals surface area contributed by atoms with Crippen molar-refractivity contribution in [3.05, 3.63) is 10.6 Å². The van der Waals surface area contributed by atoms with Crippen LogP contribution in [0.3, 0.4) is 0 Å². The lowest BCUT2D eigenvalue weighted by atomic mass is 10.1. The first-order chi connectivity index (χ1) is 10.5. The molecule has 0 aromatic rings. The van der Waals surface area contributed by atoms with Crippen molar-refractivity contribution >= 4 is 37.8 Å². The predicted octanol–water partition coefficient (Wildman–Crippen LogP) is 6.90. The molecule has 0 rings (SSSR count). The van der Waals surface area contributed by atoms with Crippen LogP contribution in [0, 0.1) is 0 Å². The molecule has 0 radical (unpaired) electrons. The maximum Gasteiger partial charge on any atom is 0.303 e. The quantitative estimate of drug-likeness (QED) is 0.177. The van der Waals surface area contributed by atoms with Gasteiger partial charge in [0.1, 0.15) is 6.10 Å². The van der Waals surface area contributed by atoms with E-state index in [4.69, 9.17) is 4.74 Å². The zero-order valence-electron chi connectivity index (χ0n) is 14.4. The summed E-state index contributed by atoms with van der Waals surface area (Å²) in [5.41, 5.74) is 0. The van der Waals surface area contributed by atoms with Crippen molar-refractivity contribution in [1.29, 1.82) is 0 Å². The lowest BCUT2D eigenvalue weighted by Crippen LogP contribution is -2.15. The van der Waals surface area contributed by atoms with E-state index in [0.717, 1.165) is 23.7 Å². The molecule has 2 unspecified atom stereocenters. The van der Waals surface area contributed by atoms with Gasteiger partial charge in [0.05, 0.1) is 0 Å². The average molecular weight is 440 g/mol. The third kappa shape index (κ3) is 12.7. The van der Waals surface area contributed by atoms with Crippen LogP contribution in [-0.4, -0.2) is 16.9 Å². The van der Waals surface area contributed by atoms with Crippen LogP contribution in [0.5, 0.6) is 0 Å². The molecule has 0 aliphatic heterocycles. The Morgan fingerprint density at radius 1 is 1.00 bits per heavy atom. The summed E-state index contributed by atoms with van der Waals surface area (Å²) in [6.45, 7) is 5.91. The van der Waals surface area contributed by atoms with E-state index in [-0.39, 0.29) is 12.1 Å². The molecule has 0 fully saturated rings. The molecule has 0 aromatic heterocycles. The molecular weight excluding hydrogens is 408 g/mol. The van der Waals surface area contributed by atoms with Gasteiger partial charge in [-0.25, -0.2) is 0 Å². The number of hydrogen-bond donors (Lipinski definition) is 0. The van der Waals surface area contributed by atoms with Crippen LogP contribution in [-0.2, 0) is 9.53 Å². The van der Waals surface area contributed by atoms with E-state index >= 15 is 0 Å². The van der Waals surface area contributed by atoms with Crippen LogP contribution in [0.4, 0.5) is 0 Å². The third-order valence-electron chi connectivity index (χ3n) is 3.62. The highest BCUT2D eigenvalue weighted by atomic mass is 79.9. The van der Waals surface area contributed by atoms with Gasteiger partial charge in [0.2, 0.25) is 0 Å². The second kappa shape index (κ2) is 14.7. The highest BCUT2D eigenvalue weighted by molar-refractivity contribution is 9.14. The number of rotatable bonds is 13. The highest BCUT2D eigenvalue weighted by Crippen LogP contribution is 2.26. The zero-order chi connectivity index (χ0) is 16.8. The maximum absolute atomic E-state index is 11.3. The Hall–Kier alpha value is 0.170. The van der Waals surface area contributed by atoms with Crippen LogP contribution in [0.15, 0.2) is 10.6 Å². The highest BCUT2D eigenvalue weighted by Gasteiger charge is 2.14. The zero-order valence-corrected chi connectivity index (χ0v) is 17.5. The number of carbonyl (C=O) groups excluding carboxylic acids is 1. The van der Waals surface area contributed by atoms with E-state index in [0.29, 0.717) is 4.83 Å². The minimum Gasteiger partial charge on any atom is -0.458 e. The minimum absolute atomic E-state index is 0.111. The molecule has 0 heterocycles. The van der Waals surface area contributed by atoms with E-state index in [1.807, 2.05) is 0 Å². The van der Waals surface area contributed by atoms with Gasteiger partial charge < -0.3 is 4.74 Å². The fraction of sp³-hybridized carbons (Fsp3) is 0.833. The molecule has 130 valence electrons. The van der Waals surface area contributed by atoms with Crippen molar-refractivity contribution in [1.82, 2.24) is 0 Å². The van der Waals surface area contributed by atoms with Gasteiger partial charge in [0, 0.05) is 16.2 Å². The van der Waals surface area contributed by atoms with E-state index in [1.165, 1.54) is 51.9 Å². The first-order valence-corrected chi connectivity index (χ1v) is 10.4. The van der Waals surface area contributed by atoms with Gasteiger partial charge in [0.15, 0.2) is 0 Å². The number of esters is 1. The van der Waals surface area contributed by atoms with E-state index in [9.17, 15) is 4.79 Å². The molecule has 0 aromatic carbocycles. The van der Waals surface area contributed by atoms with Gasteiger partial charge in [-0.2, -0.15) is 0 Å². The molecule has 0 saturated heterocycles. The van der Waals surface area contributed by atoms with Gasteiger partial charge in [0.25, 0.3) is 0 Å². The van der Waals surface area contributed by atoms with Gasteiger partial charge >= 0.3 is 5.97 Å². The van der Waals surface area contributed by atoms with Crippen molar-refractivity contribution in [2.75, 3.05) is 0 Å². The lowest BCUT2D eigenvalue weighted by Gasteiger charge is -2.16. The van der Waals surface area contributed by atoms with E-state index < -0.39 is 0 Å². The summed E-state index contributed by atoms with van der Waals surface area (Å²) < 4.78 is 6.54. The van der Waals surface area contributed by atoms with E-state index in [2.05, 4.69) is 51.8 Å². The maximum atomic E-state index is 11.3. The summed E-state index contributed by atoms with van der Waals surface area (Å²) >= 11 is 7.36. The summed E-state index contributed by atoms with van der Waals surface area (Å²) in [4.78, 5) is 11.6. The number of ether oxygens (including phenoxy) is 1. The molecular formula is C18H32Br2O2. The number of unbranched alkanes of at least 4 members (excludes halogenated alkanes) is 6. The largest absolute Gasteiger partial charge is 0.458 e. The number of halogens is 2. The molecule has 22 heavy (non-hydrogen) atoms. The topological polar surface area (TPSA) is 26.3 Å². The van der Waals surface area contributed by atoms with Crippen LogP contribution in [0.25, 0.3) is 0 Å². The summed E-state index contributed by atoms with van der Waals surface area (Å²) in [7, 11) is 0.